The van der Waals surface area contributed by atoms with Gasteiger partial charge in [0.05, 0.1) is 20.8 Å². The van der Waals surface area contributed by atoms with Crippen LogP contribution in [-0.2, 0) is 0 Å². The van der Waals surface area contributed by atoms with Crippen molar-refractivity contribution in [2.75, 3.05) is 10.6 Å². The summed E-state index contributed by atoms with van der Waals surface area (Å²) >= 11 is 17.8. The van der Waals surface area contributed by atoms with Crippen LogP contribution in [0.2, 0.25) is 15.1 Å². The SMILES string of the molecule is Cc1cc(Cl)c(Cl)cc1NC(=O)Nc1ccccc1Cl. The summed E-state index contributed by atoms with van der Waals surface area (Å²) in [7, 11) is 0. The molecule has 6 heteroatoms. The van der Waals surface area contributed by atoms with E-state index in [2.05, 4.69) is 10.6 Å². The normalized spacial score (nSPS) is 10.2. The highest BCUT2D eigenvalue weighted by Crippen LogP contribution is 2.29. The fraction of sp³-hybridized carbons (Fsp3) is 0.0714. The van der Waals surface area contributed by atoms with Crippen LogP contribution in [0.25, 0.3) is 0 Å². The highest BCUT2D eigenvalue weighted by atomic mass is 35.5. The van der Waals surface area contributed by atoms with E-state index in [0.717, 1.165) is 5.56 Å². The van der Waals surface area contributed by atoms with Crippen molar-refractivity contribution in [1.82, 2.24) is 0 Å². The maximum atomic E-state index is 11.9. The van der Waals surface area contributed by atoms with E-state index in [0.29, 0.717) is 26.4 Å². The average molecular weight is 330 g/mol. The third-order valence-electron chi connectivity index (χ3n) is 2.64. The first kappa shape index (κ1) is 15.0. The van der Waals surface area contributed by atoms with Gasteiger partial charge in [-0.1, -0.05) is 46.9 Å². The summed E-state index contributed by atoms with van der Waals surface area (Å²) in [5, 5.41) is 6.66. The molecule has 0 saturated heterocycles. The second-order valence-electron chi connectivity index (χ2n) is 4.14. The van der Waals surface area contributed by atoms with Gasteiger partial charge in [-0.2, -0.15) is 0 Å². The Balaban J connectivity index is 2.13. The minimum Gasteiger partial charge on any atom is -0.307 e. The number of hydrogen-bond donors (Lipinski definition) is 2. The van der Waals surface area contributed by atoms with Crippen molar-refractivity contribution in [3.63, 3.8) is 0 Å². The van der Waals surface area contributed by atoms with Gasteiger partial charge in [-0.05, 0) is 36.8 Å². The third kappa shape index (κ3) is 3.57. The molecule has 2 aromatic carbocycles. The molecule has 0 unspecified atom stereocenters. The zero-order valence-corrected chi connectivity index (χ0v) is 12.8. The number of benzene rings is 2. The van der Waals surface area contributed by atoms with Gasteiger partial charge in [0.1, 0.15) is 0 Å². The molecule has 20 heavy (non-hydrogen) atoms. The van der Waals surface area contributed by atoms with Crippen LogP contribution in [0.1, 0.15) is 5.56 Å². The predicted molar refractivity (Wildman–Crippen MR) is 85.3 cm³/mol. The van der Waals surface area contributed by atoms with Crippen molar-refractivity contribution in [2.24, 2.45) is 0 Å². The van der Waals surface area contributed by atoms with Crippen LogP contribution in [0, 0.1) is 6.92 Å². The number of hydrogen-bond acceptors (Lipinski definition) is 1. The zero-order valence-electron chi connectivity index (χ0n) is 10.5. The molecule has 104 valence electrons. The largest absolute Gasteiger partial charge is 0.323 e. The Kier molecular flexibility index (Phi) is 4.76. The number of para-hydroxylation sites is 1. The van der Waals surface area contributed by atoms with Crippen LogP contribution in [0.5, 0.6) is 0 Å². The third-order valence-corrected chi connectivity index (χ3v) is 3.69. The fourth-order valence-corrected chi connectivity index (χ4v) is 2.18. The smallest absolute Gasteiger partial charge is 0.307 e. The lowest BCUT2D eigenvalue weighted by Gasteiger charge is -2.11. The molecule has 2 N–H and O–H groups in total. The summed E-state index contributed by atoms with van der Waals surface area (Å²) < 4.78 is 0. The molecular weight excluding hydrogens is 319 g/mol. The Hall–Kier alpha value is -1.42. The maximum Gasteiger partial charge on any atom is 0.323 e. The molecule has 0 bridgehead atoms. The van der Waals surface area contributed by atoms with Crippen molar-refractivity contribution in [2.45, 2.75) is 6.92 Å². The van der Waals surface area contributed by atoms with E-state index >= 15 is 0 Å². The van der Waals surface area contributed by atoms with Crippen LogP contribution in [0.4, 0.5) is 16.2 Å². The van der Waals surface area contributed by atoms with Crippen LogP contribution in [0.3, 0.4) is 0 Å². The predicted octanol–water partition coefficient (Wildman–Crippen LogP) is 5.60. The molecule has 0 atom stereocenters. The van der Waals surface area contributed by atoms with Crippen molar-refractivity contribution >= 4 is 52.2 Å². The van der Waals surface area contributed by atoms with E-state index in [1.54, 1.807) is 36.4 Å². The quantitative estimate of drug-likeness (QED) is 0.740. The number of halogens is 3. The topological polar surface area (TPSA) is 41.1 Å². The first-order valence-electron chi connectivity index (χ1n) is 5.75. The van der Waals surface area contributed by atoms with Gasteiger partial charge in [-0.25, -0.2) is 4.79 Å². The van der Waals surface area contributed by atoms with Crippen molar-refractivity contribution < 1.29 is 4.79 Å². The molecule has 0 radical (unpaired) electrons. The zero-order chi connectivity index (χ0) is 14.7. The molecule has 2 aromatic rings. The van der Waals surface area contributed by atoms with E-state index in [4.69, 9.17) is 34.8 Å². The minimum atomic E-state index is -0.403. The van der Waals surface area contributed by atoms with Gasteiger partial charge in [0.15, 0.2) is 0 Å². The van der Waals surface area contributed by atoms with Crippen molar-refractivity contribution in [1.29, 1.82) is 0 Å². The number of carbonyl (C=O) groups excluding carboxylic acids is 1. The maximum absolute atomic E-state index is 11.9. The second-order valence-corrected chi connectivity index (χ2v) is 5.36. The van der Waals surface area contributed by atoms with Gasteiger partial charge in [-0.15, -0.1) is 0 Å². The number of nitrogens with one attached hydrogen (secondary N) is 2. The van der Waals surface area contributed by atoms with Crippen LogP contribution >= 0.6 is 34.8 Å². The van der Waals surface area contributed by atoms with Gasteiger partial charge < -0.3 is 10.6 Å². The Labute approximate surface area is 131 Å². The molecule has 0 spiro atoms. The summed E-state index contributed by atoms with van der Waals surface area (Å²) in [6.07, 6.45) is 0. The second kappa shape index (κ2) is 6.35. The van der Waals surface area contributed by atoms with Gasteiger partial charge >= 0.3 is 6.03 Å². The molecule has 0 saturated carbocycles. The summed E-state index contributed by atoms with van der Waals surface area (Å²) in [5.41, 5.74) is 1.93. The molecular formula is C14H11Cl3N2O. The summed E-state index contributed by atoms with van der Waals surface area (Å²) in [6, 6.07) is 9.87. The molecule has 0 fully saturated rings. The Bertz CT molecular complexity index is 659. The van der Waals surface area contributed by atoms with Gasteiger partial charge in [0.2, 0.25) is 0 Å². The molecule has 2 rings (SSSR count). The molecule has 2 amide bonds. The molecule has 0 aliphatic heterocycles. The molecule has 0 aliphatic rings. The highest BCUT2D eigenvalue weighted by molar-refractivity contribution is 6.42. The minimum absolute atomic E-state index is 0.380. The van der Waals surface area contributed by atoms with E-state index in [1.165, 1.54) is 0 Å². The molecule has 0 aromatic heterocycles. The van der Waals surface area contributed by atoms with E-state index in [-0.39, 0.29) is 0 Å². The standard InChI is InChI=1S/C14H11Cl3N2O/c1-8-6-10(16)11(17)7-13(8)19-14(20)18-12-5-3-2-4-9(12)15/h2-7H,1H3,(H2,18,19,20). The summed E-state index contributed by atoms with van der Waals surface area (Å²) in [6.45, 7) is 1.83. The van der Waals surface area contributed by atoms with E-state index in [1.807, 2.05) is 6.92 Å². The Morgan fingerprint density at radius 1 is 0.900 bits per heavy atom. The number of rotatable bonds is 2. The van der Waals surface area contributed by atoms with Crippen LogP contribution in [-0.4, -0.2) is 6.03 Å². The lowest BCUT2D eigenvalue weighted by atomic mass is 10.2. The number of amides is 2. The number of carbonyl (C=O) groups is 1. The first-order chi connectivity index (χ1) is 9.47. The highest BCUT2D eigenvalue weighted by Gasteiger charge is 2.09. The van der Waals surface area contributed by atoms with Gasteiger partial charge in [-0.3, -0.25) is 0 Å². The lowest BCUT2D eigenvalue weighted by Crippen LogP contribution is -2.20. The summed E-state index contributed by atoms with van der Waals surface area (Å²) in [4.78, 5) is 11.9. The first-order valence-corrected chi connectivity index (χ1v) is 6.89. The van der Waals surface area contributed by atoms with E-state index < -0.39 is 6.03 Å². The van der Waals surface area contributed by atoms with Gasteiger partial charge in [0, 0.05) is 5.69 Å². The number of anilines is 2. The van der Waals surface area contributed by atoms with Crippen molar-refractivity contribution in [3.05, 3.63) is 57.0 Å². The molecule has 3 nitrogen and oxygen atoms in total. The van der Waals surface area contributed by atoms with Crippen molar-refractivity contribution in [3.8, 4) is 0 Å². The Morgan fingerprint density at radius 3 is 2.20 bits per heavy atom. The molecule has 0 aliphatic carbocycles. The average Bonchev–Trinajstić information content (AvgIpc) is 2.39. The van der Waals surface area contributed by atoms with Crippen LogP contribution in [0.15, 0.2) is 36.4 Å². The van der Waals surface area contributed by atoms with E-state index in [9.17, 15) is 4.79 Å². The lowest BCUT2D eigenvalue weighted by molar-refractivity contribution is 0.262. The monoisotopic (exact) mass is 328 g/mol. The number of aryl methyl sites for hydroxylation is 1. The Morgan fingerprint density at radius 2 is 1.50 bits per heavy atom. The number of urea groups is 1. The fourth-order valence-electron chi connectivity index (χ4n) is 1.62. The summed E-state index contributed by atoms with van der Waals surface area (Å²) in [5.74, 6) is 0. The van der Waals surface area contributed by atoms with Gasteiger partial charge in [0.25, 0.3) is 0 Å². The van der Waals surface area contributed by atoms with Crippen LogP contribution < -0.4 is 10.6 Å². The molecule has 0 heterocycles.